The van der Waals surface area contributed by atoms with Gasteiger partial charge in [-0.25, -0.2) is 5.84 Å². The third-order valence-electron chi connectivity index (χ3n) is 3.78. The highest BCUT2D eigenvalue weighted by Crippen LogP contribution is 2.30. The molecule has 24 heavy (non-hydrogen) atoms. The van der Waals surface area contributed by atoms with Gasteiger partial charge in [0.05, 0.1) is 11.7 Å². The number of hydrogen-bond donors (Lipinski definition) is 3. The molecular formula is C17H16ClN5O. The van der Waals surface area contributed by atoms with Crippen LogP contribution in [0.2, 0.25) is 0 Å². The summed E-state index contributed by atoms with van der Waals surface area (Å²) in [4.78, 5) is 3.30. The van der Waals surface area contributed by atoms with Gasteiger partial charge in [0.25, 0.3) is 0 Å². The number of halogens is 1. The van der Waals surface area contributed by atoms with Crippen molar-refractivity contribution in [2.45, 2.75) is 6.61 Å². The lowest BCUT2D eigenvalue weighted by Gasteiger charge is -2.06. The highest BCUT2D eigenvalue weighted by atomic mass is 35.5. The van der Waals surface area contributed by atoms with Gasteiger partial charge in [0, 0.05) is 16.3 Å². The van der Waals surface area contributed by atoms with E-state index in [4.69, 9.17) is 10.6 Å². The van der Waals surface area contributed by atoms with Gasteiger partial charge in [-0.2, -0.15) is 5.10 Å². The fourth-order valence-electron chi connectivity index (χ4n) is 2.64. The molecule has 122 valence electrons. The number of hydrazine groups is 1. The third kappa shape index (κ3) is 2.84. The van der Waals surface area contributed by atoms with Crippen molar-refractivity contribution in [3.05, 3.63) is 60.3 Å². The minimum absolute atomic E-state index is 0. The number of ether oxygens (including phenoxy) is 1. The molecular weight excluding hydrogens is 326 g/mol. The second-order valence-electron chi connectivity index (χ2n) is 5.23. The summed E-state index contributed by atoms with van der Waals surface area (Å²) in [6.07, 6.45) is 1.72. The average Bonchev–Trinajstić information content (AvgIpc) is 2.99. The maximum absolute atomic E-state index is 5.88. The lowest BCUT2D eigenvalue weighted by molar-refractivity contribution is 0.306. The maximum Gasteiger partial charge on any atom is 0.187 e. The van der Waals surface area contributed by atoms with Crippen LogP contribution >= 0.6 is 12.4 Å². The Balaban J connectivity index is 0.00000169. The monoisotopic (exact) mass is 341 g/mol. The number of rotatable bonds is 4. The van der Waals surface area contributed by atoms with Gasteiger partial charge in [0.2, 0.25) is 0 Å². The summed E-state index contributed by atoms with van der Waals surface area (Å²) in [5.74, 6) is 6.81. The topological polar surface area (TPSA) is 88.9 Å². The van der Waals surface area contributed by atoms with Crippen molar-refractivity contribution in [2.24, 2.45) is 5.84 Å². The fraction of sp³-hybridized carbons (Fsp3) is 0.0588. The first-order valence-corrected chi connectivity index (χ1v) is 7.25. The summed E-state index contributed by atoms with van der Waals surface area (Å²) in [7, 11) is 0. The van der Waals surface area contributed by atoms with Gasteiger partial charge in [-0.1, -0.05) is 30.3 Å². The number of hydrogen-bond acceptors (Lipinski definition) is 5. The molecule has 4 N–H and O–H groups in total. The van der Waals surface area contributed by atoms with Gasteiger partial charge in [-0.05, 0) is 23.8 Å². The second kappa shape index (κ2) is 6.74. The fourth-order valence-corrected chi connectivity index (χ4v) is 2.64. The van der Waals surface area contributed by atoms with Gasteiger partial charge in [0.15, 0.2) is 5.82 Å². The Bertz CT molecular complexity index is 971. The Kier molecular flexibility index (Phi) is 4.50. The summed E-state index contributed by atoms with van der Waals surface area (Å²) in [5, 5.41) is 9.92. The summed E-state index contributed by atoms with van der Waals surface area (Å²) in [5.41, 5.74) is 5.50. The highest BCUT2D eigenvalue weighted by molar-refractivity contribution is 6.10. The van der Waals surface area contributed by atoms with Gasteiger partial charge >= 0.3 is 0 Å². The van der Waals surface area contributed by atoms with E-state index >= 15 is 0 Å². The van der Waals surface area contributed by atoms with Crippen molar-refractivity contribution >= 4 is 40.0 Å². The van der Waals surface area contributed by atoms with Gasteiger partial charge in [0.1, 0.15) is 12.4 Å². The van der Waals surface area contributed by atoms with Crippen molar-refractivity contribution in [2.75, 3.05) is 5.43 Å². The Morgan fingerprint density at radius 3 is 2.71 bits per heavy atom. The standard InChI is InChI=1S/C17H15N5O.ClH/c18-21-17-16-14(9-19-22-17)13-8-12(6-7-15(13)20-16)23-10-11-4-2-1-3-5-11;/h1-9,20H,10,18H2,(H,21,22);1H. The molecule has 2 aromatic carbocycles. The van der Waals surface area contributed by atoms with Gasteiger partial charge in [-0.15, -0.1) is 17.5 Å². The first-order valence-electron chi connectivity index (χ1n) is 7.25. The van der Waals surface area contributed by atoms with Crippen molar-refractivity contribution < 1.29 is 4.74 Å². The Morgan fingerprint density at radius 1 is 1.08 bits per heavy atom. The van der Waals surface area contributed by atoms with Crippen molar-refractivity contribution in [1.82, 2.24) is 15.2 Å². The van der Waals surface area contributed by atoms with Crippen molar-refractivity contribution in [3.63, 3.8) is 0 Å². The van der Waals surface area contributed by atoms with Crippen LogP contribution in [0, 0.1) is 0 Å². The van der Waals surface area contributed by atoms with Crippen LogP contribution in [0.25, 0.3) is 21.8 Å². The lowest BCUT2D eigenvalue weighted by Crippen LogP contribution is -2.09. The molecule has 0 spiro atoms. The van der Waals surface area contributed by atoms with Crippen LogP contribution in [0.5, 0.6) is 5.75 Å². The molecule has 7 heteroatoms. The van der Waals surface area contributed by atoms with Crippen molar-refractivity contribution in [1.29, 1.82) is 0 Å². The molecule has 2 heterocycles. The molecule has 0 atom stereocenters. The number of aromatic nitrogens is 3. The number of nitrogens with one attached hydrogen (secondary N) is 2. The smallest absolute Gasteiger partial charge is 0.187 e. The molecule has 0 fully saturated rings. The van der Waals surface area contributed by atoms with E-state index in [1.807, 2.05) is 48.5 Å². The molecule has 6 nitrogen and oxygen atoms in total. The van der Waals surface area contributed by atoms with E-state index in [0.29, 0.717) is 12.4 Å². The number of nitrogens with zero attached hydrogens (tertiary/aromatic N) is 2. The normalized spacial score (nSPS) is 10.5. The van der Waals surface area contributed by atoms with Crippen LogP contribution in [-0.4, -0.2) is 15.2 Å². The number of benzene rings is 2. The predicted molar refractivity (Wildman–Crippen MR) is 97.2 cm³/mol. The molecule has 0 saturated heterocycles. The quantitative estimate of drug-likeness (QED) is 0.391. The summed E-state index contributed by atoms with van der Waals surface area (Å²) in [6, 6.07) is 16.0. The molecule has 0 aliphatic rings. The molecule has 0 bridgehead atoms. The number of anilines is 1. The Hall–Kier alpha value is -2.83. The molecule has 4 rings (SSSR count). The summed E-state index contributed by atoms with van der Waals surface area (Å²) in [6.45, 7) is 0.532. The molecule has 4 aromatic rings. The average molecular weight is 342 g/mol. The molecule has 0 radical (unpaired) electrons. The number of aromatic amines is 1. The van der Waals surface area contributed by atoms with E-state index in [-0.39, 0.29) is 12.4 Å². The molecule has 0 amide bonds. The number of nitrogens with two attached hydrogens (primary N) is 1. The zero-order valence-corrected chi connectivity index (χ0v) is 13.5. The zero-order valence-electron chi connectivity index (χ0n) is 12.7. The Morgan fingerprint density at radius 2 is 1.92 bits per heavy atom. The zero-order chi connectivity index (χ0) is 15.6. The van der Waals surface area contributed by atoms with Crippen LogP contribution in [0.1, 0.15) is 5.56 Å². The first kappa shape index (κ1) is 16.0. The predicted octanol–water partition coefficient (Wildman–Crippen LogP) is 3.40. The van der Waals surface area contributed by atoms with E-state index < -0.39 is 0 Å². The highest BCUT2D eigenvalue weighted by Gasteiger charge is 2.10. The number of H-pyrrole nitrogens is 1. The van der Waals surface area contributed by atoms with E-state index in [1.54, 1.807) is 6.20 Å². The van der Waals surface area contributed by atoms with Crippen LogP contribution < -0.4 is 16.0 Å². The second-order valence-corrected chi connectivity index (χ2v) is 5.23. The van der Waals surface area contributed by atoms with E-state index in [1.165, 1.54) is 0 Å². The van der Waals surface area contributed by atoms with E-state index in [0.717, 1.165) is 33.1 Å². The minimum atomic E-state index is 0. The minimum Gasteiger partial charge on any atom is -0.489 e. The van der Waals surface area contributed by atoms with Crippen LogP contribution in [0.15, 0.2) is 54.7 Å². The Labute approximate surface area is 144 Å². The van der Waals surface area contributed by atoms with E-state index in [2.05, 4.69) is 20.6 Å². The largest absolute Gasteiger partial charge is 0.489 e. The summed E-state index contributed by atoms with van der Waals surface area (Å²) < 4.78 is 5.88. The lowest BCUT2D eigenvalue weighted by atomic mass is 10.2. The van der Waals surface area contributed by atoms with Gasteiger partial charge in [-0.3, -0.25) is 0 Å². The third-order valence-corrected chi connectivity index (χ3v) is 3.78. The van der Waals surface area contributed by atoms with Crippen LogP contribution in [0.4, 0.5) is 5.82 Å². The van der Waals surface area contributed by atoms with E-state index in [9.17, 15) is 0 Å². The van der Waals surface area contributed by atoms with Crippen molar-refractivity contribution in [3.8, 4) is 5.75 Å². The van der Waals surface area contributed by atoms with Crippen LogP contribution in [0.3, 0.4) is 0 Å². The summed E-state index contributed by atoms with van der Waals surface area (Å²) >= 11 is 0. The molecule has 0 aliphatic heterocycles. The number of nitrogen functional groups attached to an aromatic ring is 1. The first-order chi connectivity index (χ1) is 11.3. The molecule has 2 aromatic heterocycles. The molecule has 0 saturated carbocycles. The SMILES string of the molecule is Cl.NNc1nncc2c1[nH]c1ccc(OCc3ccccc3)cc12. The van der Waals surface area contributed by atoms with Crippen LogP contribution in [-0.2, 0) is 6.61 Å². The molecule has 0 unspecified atom stereocenters. The van der Waals surface area contributed by atoms with Gasteiger partial charge < -0.3 is 15.1 Å². The molecule has 0 aliphatic carbocycles. The number of fused-ring (bicyclic) bond motifs is 3. The maximum atomic E-state index is 5.88.